The van der Waals surface area contributed by atoms with Crippen LogP contribution >= 0.6 is 0 Å². The second-order valence-corrected chi connectivity index (χ2v) is 8.54. The first kappa shape index (κ1) is 19.7. The lowest BCUT2D eigenvalue weighted by Crippen LogP contribution is -2.44. The van der Waals surface area contributed by atoms with Crippen molar-refractivity contribution < 1.29 is 14.3 Å². The minimum atomic E-state index is 0.323. The molecule has 2 heterocycles. The van der Waals surface area contributed by atoms with Crippen LogP contribution in [0.5, 0.6) is 5.75 Å². The minimum Gasteiger partial charge on any atom is -0.497 e. The van der Waals surface area contributed by atoms with E-state index in [1.54, 1.807) is 7.11 Å². The van der Waals surface area contributed by atoms with Crippen LogP contribution in [0.3, 0.4) is 0 Å². The number of nitrogens with zero attached hydrogens (tertiary/aromatic N) is 2. The molecule has 0 radical (unpaired) electrons. The van der Waals surface area contributed by atoms with Crippen LogP contribution < -0.4 is 4.74 Å². The summed E-state index contributed by atoms with van der Waals surface area (Å²) in [6.07, 6.45) is 7.82. The number of rotatable bonds is 5. The third-order valence-corrected chi connectivity index (χ3v) is 6.91. The highest BCUT2D eigenvalue weighted by Gasteiger charge is 2.28. The molecule has 1 unspecified atom stereocenters. The Hall–Kier alpha value is -1.59. The molecule has 154 valence electrons. The van der Waals surface area contributed by atoms with Gasteiger partial charge in [-0.15, -0.1) is 0 Å². The number of benzene rings is 1. The van der Waals surface area contributed by atoms with Crippen molar-refractivity contribution in [1.29, 1.82) is 0 Å². The van der Waals surface area contributed by atoms with Crippen LogP contribution in [-0.4, -0.2) is 68.3 Å². The molecule has 5 heteroatoms. The summed E-state index contributed by atoms with van der Waals surface area (Å²) in [6, 6.07) is 7.21. The fraction of sp³-hybridized carbons (Fsp3) is 0.696. The van der Waals surface area contributed by atoms with Gasteiger partial charge in [-0.05, 0) is 80.8 Å². The summed E-state index contributed by atoms with van der Waals surface area (Å²) in [7, 11) is 1.75. The summed E-state index contributed by atoms with van der Waals surface area (Å²) in [5.74, 6) is 2.00. The maximum atomic E-state index is 12.4. The van der Waals surface area contributed by atoms with Crippen molar-refractivity contribution in [3.05, 3.63) is 29.3 Å². The van der Waals surface area contributed by atoms with Crippen LogP contribution in [-0.2, 0) is 22.4 Å². The maximum Gasteiger partial charge on any atom is 0.222 e. The van der Waals surface area contributed by atoms with Gasteiger partial charge in [0.05, 0.1) is 20.3 Å². The zero-order chi connectivity index (χ0) is 19.3. The molecule has 4 rings (SSSR count). The lowest BCUT2D eigenvalue weighted by molar-refractivity contribution is -0.135. The van der Waals surface area contributed by atoms with Gasteiger partial charge in [0.25, 0.3) is 0 Å². The van der Waals surface area contributed by atoms with Gasteiger partial charge in [0, 0.05) is 25.6 Å². The number of amides is 1. The molecule has 1 aliphatic carbocycles. The molecule has 2 fully saturated rings. The zero-order valence-electron chi connectivity index (χ0n) is 17.2. The number of aryl methyl sites for hydroxylation is 1. The first-order chi connectivity index (χ1) is 13.7. The number of piperidine rings is 1. The normalized spacial score (nSPS) is 24.0. The Kier molecular flexibility index (Phi) is 6.53. The van der Waals surface area contributed by atoms with Crippen molar-refractivity contribution in [1.82, 2.24) is 9.80 Å². The predicted octanol–water partition coefficient (Wildman–Crippen LogP) is 2.90. The van der Waals surface area contributed by atoms with Crippen LogP contribution in [0.1, 0.15) is 43.2 Å². The highest BCUT2D eigenvalue weighted by molar-refractivity contribution is 5.76. The van der Waals surface area contributed by atoms with E-state index in [2.05, 4.69) is 23.1 Å². The molecular weight excluding hydrogens is 352 g/mol. The van der Waals surface area contributed by atoms with Crippen molar-refractivity contribution >= 4 is 5.91 Å². The molecule has 1 amide bonds. The molecule has 0 aromatic heterocycles. The van der Waals surface area contributed by atoms with Gasteiger partial charge >= 0.3 is 0 Å². The molecule has 28 heavy (non-hydrogen) atoms. The van der Waals surface area contributed by atoms with E-state index in [-0.39, 0.29) is 0 Å². The zero-order valence-corrected chi connectivity index (χ0v) is 17.2. The van der Waals surface area contributed by atoms with Gasteiger partial charge in [0.2, 0.25) is 5.91 Å². The number of hydrogen-bond donors (Lipinski definition) is 0. The molecule has 0 bridgehead atoms. The molecule has 0 spiro atoms. The average Bonchev–Trinajstić information content (AvgIpc) is 2.77. The van der Waals surface area contributed by atoms with Crippen LogP contribution in [0, 0.1) is 5.92 Å². The topological polar surface area (TPSA) is 42.0 Å². The van der Waals surface area contributed by atoms with Crippen LogP contribution in [0.15, 0.2) is 18.2 Å². The highest BCUT2D eigenvalue weighted by Crippen LogP contribution is 2.31. The molecule has 3 aliphatic rings. The molecular formula is C23H34N2O3. The Morgan fingerprint density at radius 2 is 1.89 bits per heavy atom. The summed E-state index contributed by atoms with van der Waals surface area (Å²) in [6.45, 7) is 5.29. The third-order valence-electron chi connectivity index (χ3n) is 6.91. The Morgan fingerprint density at radius 1 is 1.11 bits per heavy atom. The number of methoxy groups -OCH3 is 1. The van der Waals surface area contributed by atoms with Crippen LogP contribution in [0.2, 0.25) is 0 Å². The predicted molar refractivity (Wildman–Crippen MR) is 110 cm³/mol. The van der Waals surface area contributed by atoms with Crippen LogP contribution in [0.25, 0.3) is 0 Å². The Morgan fingerprint density at radius 3 is 2.64 bits per heavy atom. The van der Waals surface area contributed by atoms with Gasteiger partial charge in [0.15, 0.2) is 0 Å². The number of hydrogen-bond acceptors (Lipinski definition) is 4. The number of ether oxygens (including phenoxy) is 2. The monoisotopic (exact) mass is 386 g/mol. The minimum absolute atomic E-state index is 0.323. The number of fused-ring (bicyclic) bond motifs is 1. The van der Waals surface area contributed by atoms with E-state index >= 15 is 0 Å². The summed E-state index contributed by atoms with van der Waals surface area (Å²) >= 11 is 0. The molecule has 5 nitrogen and oxygen atoms in total. The number of carbonyl (C=O) groups excluding carboxylic acids is 1. The fourth-order valence-electron chi connectivity index (χ4n) is 5.06. The van der Waals surface area contributed by atoms with Gasteiger partial charge in [0.1, 0.15) is 5.75 Å². The Bertz CT molecular complexity index is 664. The quantitative estimate of drug-likeness (QED) is 0.780. The van der Waals surface area contributed by atoms with E-state index in [0.29, 0.717) is 37.5 Å². The van der Waals surface area contributed by atoms with Gasteiger partial charge < -0.3 is 19.3 Å². The van der Waals surface area contributed by atoms with E-state index in [0.717, 1.165) is 31.7 Å². The first-order valence-electron chi connectivity index (χ1n) is 11.0. The summed E-state index contributed by atoms with van der Waals surface area (Å²) in [4.78, 5) is 17.0. The molecule has 2 aliphatic heterocycles. The molecule has 1 aromatic rings. The second kappa shape index (κ2) is 9.27. The lowest BCUT2D eigenvalue weighted by atomic mass is 9.85. The van der Waals surface area contributed by atoms with Crippen LogP contribution in [0.4, 0.5) is 0 Å². The molecule has 2 saturated heterocycles. The summed E-state index contributed by atoms with van der Waals surface area (Å²) in [5, 5.41) is 0. The lowest BCUT2D eigenvalue weighted by Gasteiger charge is -2.40. The van der Waals surface area contributed by atoms with Crippen molar-refractivity contribution in [3.63, 3.8) is 0 Å². The largest absolute Gasteiger partial charge is 0.497 e. The van der Waals surface area contributed by atoms with Crippen molar-refractivity contribution in [2.45, 2.75) is 51.0 Å². The van der Waals surface area contributed by atoms with E-state index in [4.69, 9.17) is 9.47 Å². The molecule has 0 saturated carbocycles. The maximum absolute atomic E-state index is 12.4. The smallest absolute Gasteiger partial charge is 0.222 e. The molecule has 0 N–H and O–H groups in total. The van der Waals surface area contributed by atoms with E-state index < -0.39 is 0 Å². The number of morpholine rings is 1. The van der Waals surface area contributed by atoms with Gasteiger partial charge in [-0.3, -0.25) is 4.79 Å². The summed E-state index contributed by atoms with van der Waals surface area (Å²) in [5.41, 5.74) is 2.96. The number of carbonyl (C=O) groups is 1. The SMILES string of the molecule is COc1ccc2c(c1)CC(N1CCC(CCC(=O)N3CCOCC3)CC1)CC2. The summed E-state index contributed by atoms with van der Waals surface area (Å²) < 4.78 is 10.8. The standard InChI is InChI=1S/C23H34N2O3/c1-27-22-6-4-19-3-5-21(16-20(19)17-22)24-10-8-18(9-11-24)2-7-23(26)25-12-14-28-15-13-25/h4,6,17-18,21H,2-3,5,7-16H2,1H3. The van der Waals surface area contributed by atoms with Gasteiger partial charge in [-0.1, -0.05) is 6.07 Å². The van der Waals surface area contributed by atoms with E-state index in [1.807, 2.05) is 4.90 Å². The van der Waals surface area contributed by atoms with Crippen molar-refractivity contribution in [3.8, 4) is 5.75 Å². The van der Waals surface area contributed by atoms with Gasteiger partial charge in [-0.25, -0.2) is 0 Å². The number of likely N-dealkylation sites (tertiary alicyclic amines) is 1. The van der Waals surface area contributed by atoms with Crippen molar-refractivity contribution in [2.75, 3.05) is 46.5 Å². The second-order valence-electron chi connectivity index (χ2n) is 8.54. The molecule has 1 atom stereocenters. The Labute approximate surface area is 169 Å². The highest BCUT2D eigenvalue weighted by atomic mass is 16.5. The molecule has 1 aromatic carbocycles. The van der Waals surface area contributed by atoms with E-state index in [9.17, 15) is 4.79 Å². The van der Waals surface area contributed by atoms with Crippen molar-refractivity contribution in [2.24, 2.45) is 5.92 Å². The first-order valence-corrected chi connectivity index (χ1v) is 11.0. The Balaban J connectivity index is 1.22. The fourth-order valence-corrected chi connectivity index (χ4v) is 5.06. The average molecular weight is 387 g/mol. The van der Waals surface area contributed by atoms with E-state index in [1.165, 1.54) is 49.9 Å². The van der Waals surface area contributed by atoms with Gasteiger partial charge in [-0.2, -0.15) is 0 Å². The third kappa shape index (κ3) is 4.69.